The average molecular weight is 346 g/mol. The summed E-state index contributed by atoms with van der Waals surface area (Å²) in [6.45, 7) is 5.86. The van der Waals surface area contributed by atoms with Gasteiger partial charge in [-0.25, -0.2) is 0 Å². The van der Waals surface area contributed by atoms with E-state index in [0.717, 1.165) is 5.56 Å². The second kappa shape index (κ2) is 6.46. The maximum Gasteiger partial charge on any atom is 0.162 e. The Balaban J connectivity index is 2.10. The number of aliphatic hydroxyl groups excluding tert-OH is 2. The topological polar surface area (TPSA) is 76.0 Å². The number of aliphatic hydroxyl groups is 2. The van der Waals surface area contributed by atoms with E-state index in [0.29, 0.717) is 17.9 Å². The molecule has 136 valence electrons. The molecule has 0 amide bonds. The summed E-state index contributed by atoms with van der Waals surface area (Å²) in [5.41, 5.74) is 0.370. The van der Waals surface area contributed by atoms with Crippen molar-refractivity contribution in [2.75, 3.05) is 14.2 Å². The zero-order valence-corrected chi connectivity index (χ0v) is 14.9. The molecule has 0 aromatic heterocycles. The number of ether oxygens (including phenoxy) is 2. The van der Waals surface area contributed by atoms with Crippen LogP contribution in [0.1, 0.15) is 31.2 Å². The first-order valence-corrected chi connectivity index (χ1v) is 8.63. The SMILES string of the molecule is C=CCC12CC(=O)C(O)C(C(c3ccc(OC)c(OC)c3)C1C)C2O. The summed E-state index contributed by atoms with van der Waals surface area (Å²) in [6, 6.07) is 5.63. The first kappa shape index (κ1) is 18.0. The van der Waals surface area contributed by atoms with Crippen LogP contribution in [0.15, 0.2) is 30.9 Å². The molecule has 2 fully saturated rings. The van der Waals surface area contributed by atoms with Crippen molar-refractivity contribution in [2.24, 2.45) is 17.3 Å². The van der Waals surface area contributed by atoms with Gasteiger partial charge in [0.1, 0.15) is 6.10 Å². The monoisotopic (exact) mass is 346 g/mol. The van der Waals surface area contributed by atoms with E-state index in [-0.39, 0.29) is 24.0 Å². The van der Waals surface area contributed by atoms with Gasteiger partial charge in [-0.15, -0.1) is 6.58 Å². The van der Waals surface area contributed by atoms with Crippen LogP contribution in [0.4, 0.5) is 0 Å². The third kappa shape index (κ3) is 2.49. The molecule has 1 aromatic rings. The standard InChI is InChI=1S/C20H26O5/c1-5-8-20-10-13(21)18(22)17(19(20)23)16(11(20)2)12-6-7-14(24-3)15(9-12)25-4/h5-7,9,11,16-19,22-23H,1,8,10H2,2-4H3. The van der Waals surface area contributed by atoms with Crippen molar-refractivity contribution in [3.8, 4) is 11.5 Å². The molecule has 1 aromatic carbocycles. The van der Waals surface area contributed by atoms with Crippen molar-refractivity contribution in [1.29, 1.82) is 0 Å². The van der Waals surface area contributed by atoms with E-state index in [1.165, 1.54) is 0 Å². The summed E-state index contributed by atoms with van der Waals surface area (Å²) in [7, 11) is 3.15. The molecule has 3 rings (SSSR count). The highest BCUT2D eigenvalue weighted by atomic mass is 16.5. The third-order valence-corrected chi connectivity index (χ3v) is 6.33. The van der Waals surface area contributed by atoms with Gasteiger partial charge < -0.3 is 19.7 Å². The maximum atomic E-state index is 12.4. The van der Waals surface area contributed by atoms with E-state index in [1.807, 2.05) is 18.2 Å². The van der Waals surface area contributed by atoms with Crippen molar-refractivity contribution in [3.05, 3.63) is 36.4 Å². The van der Waals surface area contributed by atoms with E-state index < -0.39 is 23.5 Å². The van der Waals surface area contributed by atoms with Gasteiger partial charge in [0.25, 0.3) is 0 Å². The molecule has 0 spiro atoms. The lowest BCUT2D eigenvalue weighted by atomic mass is 9.66. The second-order valence-electron chi connectivity index (χ2n) is 7.26. The van der Waals surface area contributed by atoms with Crippen molar-refractivity contribution in [1.82, 2.24) is 0 Å². The summed E-state index contributed by atoms with van der Waals surface area (Å²) in [4.78, 5) is 12.4. The van der Waals surface area contributed by atoms with Gasteiger partial charge in [0.2, 0.25) is 0 Å². The van der Waals surface area contributed by atoms with Crippen molar-refractivity contribution in [3.63, 3.8) is 0 Å². The fourth-order valence-corrected chi connectivity index (χ4v) is 5.04. The molecule has 6 atom stereocenters. The summed E-state index contributed by atoms with van der Waals surface area (Å²) >= 11 is 0. The number of fused-ring (bicyclic) bond motifs is 2. The van der Waals surface area contributed by atoms with Crippen LogP contribution in [0.2, 0.25) is 0 Å². The largest absolute Gasteiger partial charge is 0.493 e. The molecular weight excluding hydrogens is 320 g/mol. The number of carbonyl (C=O) groups is 1. The van der Waals surface area contributed by atoms with Crippen LogP contribution in [0.5, 0.6) is 11.5 Å². The Kier molecular flexibility index (Phi) is 4.64. The van der Waals surface area contributed by atoms with Gasteiger partial charge in [-0.2, -0.15) is 0 Å². The number of benzene rings is 1. The van der Waals surface area contributed by atoms with Crippen LogP contribution in [0.25, 0.3) is 0 Å². The Labute approximate surface area is 148 Å². The Hall–Kier alpha value is -1.85. The summed E-state index contributed by atoms with van der Waals surface area (Å²) in [6.07, 6.45) is 0.609. The highest BCUT2D eigenvalue weighted by molar-refractivity contribution is 5.86. The number of ketones is 1. The van der Waals surface area contributed by atoms with Crippen molar-refractivity contribution in [2.45, 2.75) is 37.9 Å². The van der Waals surface area contributed by atoms with Crippen LogP contribution in [-0.4, -0.2) is 42.4 Å². The van der Waals surface area contributed by atoms with E-state index in [2.05, 4.69) is 13.5 Å². The first-order chi connectivity index (χ1) is 11.9. The molecule has 2 aliphatic carbocycles. The van der Waals surface area contributed by atoms with Crippen LogP contribution in [-0.2, 0) is 4.79 Å². The number of hydrogen-bond donors (Lipinski definition) is 2. The van der Waals surface area contributed by atoms with Gasteiger partial charge in [0, 0.05) is 17.8 Å². The summed E-state index contributed by atoms with van der Waals surface area (Å²) in [5, 5.41) is 21.5. The molecule has 0 aliphatic heterocycles. The Morgan fingerprint density at radius 3 is 2.56 bits per heavy atom. The molecule has 0 radical (unpaired) electrons. The van der Waals surface area contributed by atoms with Gasteiger partial charge >= 0.3 is 0 Å². The smallest absolute Gasteiger partial charge is 0.162 e. The molecule has 25 heavy (non-hydrogen) atoms. The molecule has 2 aliphatic rings. The lowest BCUT2D eigenvalue weighted by Gasteiger charge is -2.40. The lowest BCUT2D eigenvalue weighted by Crippen LogP contribution is -2.49. The van der Waals surface area contributed by atoms with Crippen molar-refractivity contribution >= 4 is 5.78 Å². The number of rotatable bonds is 5. The first-order valence-electron chi connectivity index (χ1n) is 8.63. The molecule has 2 bridgehead atoms. The zero-order chi connectivity index (χ0) is 18.4. The Bertz CT molecular complexity index is 685. The summed E-state index contributed by atoms with van der Waals surface area (Å²) < 4.78 is 10.7. The third-order valence-electron chi connectivity index (χ3n) is 6.33. The van der Waals surface area contributed by atoms with Gasteiger partial charge in [-0.3, -0.25) is 4.79 Å². The molecule has 5 nitrogen and oxygen atoms in total. The molecular formula is C20H26O5. The van der Waals surface area contributed by atoms with E-state index in [4.69, 9.17) is 9.47 Å². The minimum Gasteiger partial charge on any atom is -0.493 e. The molecule has 2 N–H and O–H groups in total. The average Bonchev–Trinajstić information content (AvgIpc) is 2.77. The van der Waals surface area contributed by atoms with E-state index >= 15 is 0 Å². The van der Waals surface area contributed by atoms with E-state index in [1.54, 1.807) is 20.3 Å². The zero-order valence-electron chi connectivity index (χ0n) is 14.9. The quantitative estimate of drug-likeness (QED) is 0.800. The highest BCUT2D eigenvalue weighted by Crippen LogP contribution is 2.62. The molecule has 5 heteroatoms. The molecule has 0 heterocycles. The van der Waals surface area contributed by atoms with Gasteiger partial charge in [0.05, 0.1) is 20.3 Å². The van der Waals surface area contributed by atoms with Crippen LogP contribution < -0.4 is 9.47 Å². The summed E-state index contributed by atoms with van der Waals surface area (Å²) in [5.74, 6) is 0.391. The molecule has 0 saturated heterocycles. The number of allylic oxidation sites excluding steroid dienone is 1. The number of methoxy groups -OCH3 is 2. The van der Waals surface area contributed by atoms with Crippen molar-refractivity contribution < 1.29 is 24.5 Å². The second-order valence-corrected chi connectivity index (χ2v) is 7.26. The van der Waals surface area contributed by atoms with Crippen LogP contribution in [0.3, 0.4) is 0 Å². The number of carbonyl (C=O) groups excluding carboxylic acids is 1. The Morgan fingerprint density at radius 1 is 1.28 bits per heavy atom. The van der Waals surface area contributed by atoms with Gasteiger partial charge in [-0.05, 0) is 36.0 Å². The van der Waals surface area contributed by atoms with Crippen LogP contribution >= 0.6 is 0 Å². The van der Waals surface area contributed by atoms with Gasteiger partial charge in [0.15, 0.2) is 17.3 Å². The fourth-order valence-electron chi connectivity index (χ4n) is 5.04. The lowest BCUT2D eigenvalue weighted by molar-refractivity contribution is -0.146. The fraction of sp³-hybridized carbons (Fsp3) is 0.550. The predicted octanol–water partition coefficient (Wildman–Crippen LogP) is 2.31. The maximum absolute atomic E-state index is 12.4. The number of hydrogen-bond acceptors (Lipinski definition) is 5. The van der Waals surface area contributed by atoms with E-state index in [9.17, 15) is 15.0 Å². The Morgan fingerprint density at radius 2 is 1.96 bits per heavy atom. The number of Topliss-reactive ketones (excluding diaryl/α,β-unsaturated/α-hetero) is 1. The minimum absolute atomic E-state index is 0.0182. The van der Waals surface area contributed by atoms with Crippen LogP contribution in [0, 0.1) is 17.3 Å². The molecule has 2 saturated carbocycles. The molecule has 6 unspecified atom stereocenters. The normalized spacial score (nSPS) is 37.0. The van der Waals surface area contributed by atoms with Gasteiger partial charge in [-0.1, -0.05) is 19.1 Å². The predicted molar refractivity (Wildman–Crippen MR) is 93.8 cm³/mol. The minimum atomic E-state index is -1.14. The highest BCUT2D eigenvalue weighted by Gasteiger charge is 2.64.